The zero-order valence-electron chi connectivity index (χ0n) is 7.52. The van der Waals surface area contributed by atoms with Crippen molar-refractivity contribution in [2.75, 3.05) is 24.1 Å². The fraction of sp³-hybridized carbons (Fsp3) is 1.00. The molecule has 1 atom stereocenters. The average Bonchev–Trinajstić information content (AvgIpc) is 2.14. The molecule has 1 aliphatic heterocycles. The number of alkyl halides is 1. The van der Waals surface area contributed by atoms with E-state index in [4.69, 9.17) is 4.74 Å². The normalized spacial score (nSPS) is 24.2. The minimum atomic E-state index is 0.493. The lowest BCUT2D eigenvalue weighted by atomic mass is 10.1. The van der Waals surface area contributed by atoms with Crippen molar-refractivity contribution < 1.29 is 4.74 Å². The summed E-state index contributed by atoms with van der Waals surface area (Å²) in [5.74, 6) is 0. The molecule has 1 rings (SSSR count). The third kappa shape index (κ3) is 4.62. The highest BCUT2D eigenvalue weighted by atomic mass is 127. The van der Waals surface area contributed by atoms with Crippen LogP contribution in [0.25, 0.3) is 0 Å². The maximum atomic E-state index is 5.59. The van der Waals surface area contributed by atoms with Crippen LogP contribution in [0.1, 0.15) is 25.7 Å². The summed E-state index contributed by atoms with van der Waals surface area (Å²) in [7, 11) is 0. The molecule has 1 saturated heterocycles. The Bertz CT molecular complexity index is 105. The molecule has 1 unspecified atom stereocenters. The van der Waals surface area contributed by atoms with Crippen molar-refractivity contribution in [2.45, 2.75) is 31.8 Å². The molecular formula is C9H18INO. The second-order valence-corrected chi connectivity index (χ2v) is 4.31. The number of hydrogen-bond acceptors (Lipinski definition) is 2. The van der Waals surface area contributed by atoms with Crippen molar-refractivity contribution in [3.63, 3.8) is 0 Å². The van der Waals surface area contributed by atoms with E-state index < -0.39 is 0 Å². The minimum Gasteiger partial charge on any atom is -0.377 e. The van der Waals surface area contributed by atoms with Crippen molar-refractivity contribution >= 4 is 22.6 Å². The first-order valence-electron chi connectivity index (χ1n) is 4.82. The van der Waals surface area contributed by atoms with Gasteiger partial charge in [0.2, 0.25) is 0 Å². The summed E-state index contributed by atoms with van der Waals surface area (Å²) in [6.45, 7) is 3.16. The van der Waals surface area contributed by atoms with Gasteiger partial charge in [0, 0.05) is 17.6 Å². The van der Waals surface area contributed by atoms with Crippen molar-refractivity contribution in [3.8, 4) is 0 Å². The van der Waals surface area contributed by atoms with Gasteiger partial charge in [-0.05, 0) is 32.2 Å². The van der Waals surface area contributed by atoms with Crippen LogP contribution in [-0.2, 0) is 4.74 Å². The molecule has 0 spiro atoms. The van der Waals surface area contributed by atoms with Gasteiger partial charge in [0.15, 0.2) is 0 Å². The monoisotopic (exact) mass is 283 g/mol. The first kappa shape index (κ1) is 10.7. The summed E-state index contributed by atoms with van der Waals surface area (Å²) in [6, 6.07) is 0. The van der Waals surface area contributed by atoms with E-state index in [-0.39, 0.29) is 0 Å². The third-order valence-corrected chi connectivity index (χ3v) is 2.90. The smallest absolute Gasteiger partial charge is 0.0699 e. The van der Waals surface area contributed by atoms with E-state index in [1.165, 1.54) is 30.1 Å². The molecule has 0 aromatic carbocycles. The standard InChI is InChI=1S/C9H18INO/c10-5-3-6-11-8-9-4-1-2-7-12-9/h9,11H,1-8H2. The van der Waals surface area contributed by atoms with Gasteiger partial charge in [-0.2, -0.15) is 0 Å². The van der Waals surface area contributed by atoms with Crippen LogP contribution in [0.3, 0.4) is 0 Å². The fourth-order valence-electron chi connectivity index (χ4n) is 1.42. The lowest BCUT2D eigenvalue weighted by Gasteiger charge is -2.22. The number of hydrogen-bond donors (Lipinski definition) is 1. The lowest BCUT2D eigenvalue weighted by Crippen LogP contribution is -2.32. The van der Waals surface area contributed by atoms with Gasteiger partial charge in [-0.25, -0.2) is 0 Å². The summed E-state index contributed by atoms with van der Waals surface area (Å²) in [5, 5.41) is 3.43. The van der Waals surface area contributed by atoms with E-state index >= 15 is 0 Å². The number of rotatable bonds is 5. The minimum absolute atomic E-state index is 0.493. The van der Waals surface area contributed by atoms with Gasteiger partial charge in [0.1, 0.15) is 0 Å². The maximum Gasteiger partial charge on any atom is 0.0699 e. The summed E-state index contributed by atoms with van der Waals surface area (Å²) >= 11 is 2.41. The van der Waals surface area contributed by atoms with Crippen LogP contribution < -0.4 is 5.32 Å². The number of ether oxygens (including phenoxy) is 1. The van der Waals surface area contributed by atoms with Crippen LogP contribution in [0.4, 0.5) is 0 Å². The molecule has 1 aliphatic rings. The molecule has 0 aromatic heterocycles. The Kier molecular flexibility index (Phi) is 6.34. The number of halogens is 1. The lowest BCUT2D eigenvalue weighted by molar-refractivity contribution is 0.0171. The predicted molar refractivity (Wildman–Crippen MR) is 60.0 cm³/mol. The Balaban J connectivity index is 1.91. The van der Waals surface area contributed by atoms with Crippen LogP contribution in [0.2, 0.25) is 0 Å². The quantitative estimate of drug-likeness (QED) is 0.473. The summed E-state index contributed by atoms with van der Waals surface area (Å²) in [6.07, 6.45) is 5.61. The topological polar surface area (TPSA) is 21.3 Å². The SMILES string of the molecule is ICCCNCC1CCCCO1. The summed E-state index contributed by atoms with van der Waals surface area (Å²) in [4.78, 5) is 0. The zero-order chi connectivity index (χ0) is 8.65. The molecule has 0 aliphatic carbocycles. The molecule has 0 aromatic rings. The molecule has 2 nitrogen and oxygen atoms in total. The van der Waals surface area contributed by atoms with Crippen LogP contribution >= 0.6 is 22.6 Å². The van der Waals surface area contributed by atoms with Gasteiger partial charge < -0.3 is 10.1 Å². The fourth-order valence-corrected chi connectivity index (χ4v) is 1.80. The highest BCUT2D eigenvalue weighted by Gasteiger charge is 2.12. The Morgan fingerprint density at radius 2 is 2.33 bits per heavy atom. The summed E-state index contributed by atoms with van der Waals surface area (Å²) < 4.78 is 6.84. The van der Waals surface area contributed by atoms with E-state index in [0.717, 1.165) is 19.7 Å². The van der Waals surface area contributed by atoms with E-state index in [2.05, 4.69) is 27.9 Å². The van der Waals surface area contributed by atoms with E-state index in [1.807, 2.05) is 0 Å². The molecular weight excluding hydrogens is 265 g/mol. The van der Waals surface area contributed by atoms with E-state index in [9.17, 15) is 0 Å². The van der Waals surface area contributed by atoms with Gasteiger partial charge >= 0.3 is 0 Å². The largest absolute Gasteiger partial charge is 0.377 e. The first-order valence-corrected chi connectivity index (χ1v) is 6.34. The van der Waals surface area contributed by atoms with E-state index in [1.54, 1.807) is 0 Å². The van der Waals surface area contributed by atoms with Crippen molar-refractivity contribution in [1.29, 1.82) is 0 Å². The Hall–Kier alpha value is 0.650. The molecule has 1 N–H and O–H groups in total. The highest BCUT2D eigenvalue weighted by Crippen LogP contribution is 2.11. The van der Waals surface area contributed by atoms with Crippen molar-refractivity contribution in [1.82, 2.24) is 5.32 Å². The van der Waals surface area contributed by atoms with E-state index in [0.29, 0.717) is 6.10 Å². The third-order valence-electron chi connectivity index (χ3n) is 2.13. The molecule has 3 heteroatoms. The Morgan fingerprint density at radius 1 is 1.42 bits per heavy atom. The second kappa shape index (κ2) is 7.09. The molecule has 0 bridgehead atoms. The van der Waals surface area contributed by atoms with Gasteiger partial charge in [0.25, 0.3) is 0 Å². The molecule has 0 saturated carbocycles. The van der Waals surface area contributed by atoms with Crippen molar-refractivity contribution in [3.05, 3.63) is 0 Å². The molecule has 0 amide bonds. The molecule has 1 heterocycles. The van der Waals surface area contributed by atoms with Crippen molar-refractivity contribution in [2.24, 2.45) is 0 Å². The predicted octanol–water partition coefficient (Wildman–Crippen LogP) is 1.97. The second-order valence-electron chi connectivity index (χ2n) is 3.24. The van der Waals surface area contributed by atoms with Gasteiger partial charge in [-0.3, -0.25) is 0 Å². The molecule has 72 valence electrons. The van der Waals surface area contributed by atoms with Gasteiger partial charge in [-0.15, -0.1) is 0 Å². The molecule has 1 fully saturated rings. The Morgan fingerprint density at radius 3 is 3.00 bits per heavy atom. The highest BCUT2D eigenvalue weighted by molar-refractivity contribution is 14.1. The zero-order valence-corrected chi connectivity index (χ0v) is 9.68. The van der Waals surface area contributed by atoms with Crippen LogP contribution in [0.15, 0.2) is 0 Å². The van der Waals surface area contributed by atoms with Gasteiger partial charge in [0.05, 0.1) is 6.10 Å². The van der Waals surface area contributed by atoms with Crippen LogP contribution in [-0.4, -0.2) is 30.2 Å². The Labute approximate surface area is 88.6 Å². The molecule has 12 heavy (non-hydrogen) atoms. The number of nitrogens with one attached hydrogen (secondary N) is 1. The van der Waals surface area contributed by atoms with Crippen LogP contribution in [0, 0.1) is 0 Å². The van der Waals surface area contributed by atoms with Crippen LogP contribution in [0.5, 0.6) is 0 Å². The average molecular weight is 283 g/mol. The summed E-state index contributed by atoms with van der Waals surface area (Å²) in [5.41, 5.74) is 0. The maximum absolute atomic E-state index is 5.59. The first-order chi connectivity index (χ1) is 5.93. The molecule has 0 radical (unpaired) electrons. The van der Waals surface area contributed by atoms with Gasteiger partial charge in [-0.1, -0.05) is 22.6 Å².